The molecule has 0 saturated heterocycles. The van der Waals surface area contributed by atoms with Crippen LogP contribution in [0, 0.1) is 0 Å². The summed E-state index contributed by atoms with van der Waals surface area (Å²) >= 11 is 0. The Hall–Kier alpha value is -3.22. The van der Waals surface area contributed by atoms with Crippen LogP contribution in [0.15, 0.2) is 41.5 Å². The number of ether oxygens (including phenoxy) is 4. The molecule has 0 radical (unpaired) electrons. The van der Waals surface area contributed by atoms with Gasteiger partial charge in [0.1, 0.15) is 6.61 Å². The van der Waals surface area contributed by atoms with Crippen LogP contribution in [0.3, 0.4) is 0 Å². The molecule has 4 rings (SSSR count). The number of nitrogens with zero attached hydrogens (tertiary/aromatic N) is 1. The van der Waals surface area contributed by atoms with Gasteiger partial charge in [0, 0.05) is 0 Å². The first-order valence-electron chi connectivity index (χ1n) is 9.07. The second kappa shape index (κ2) is 7.07. The summed E-state index contributed by atoms with van der Waals surface area (Å²) in [5, 5.41) is 4.00. The van der Waals surface area contributed by atoms with Gasteiger partial charge >= 0.3 is 0 Å². The van der Waals surface area contributed by atoms with E-state index in [1.165, 1.54) is 6.21 Å². The van der Waals surface area contributed by atoms with E-state index in [9.17, 15) is 4.79 Å². The summed E-state index contributed by atoms with van der Waals surface area (Å²) in [6, 6.07) is 11.2. The molecule has 2 aromatic carbocycles. The van der Waals surface area contributed by atoms with Crippen LogP contribution in [0.1, 0.15) is 31.9 Å². The lowest BCUT2D eigenvalue weighted by Gasteiger charge is -2.27. The second-order valence-electron chi connectivity index (χ2n) is 7.68. The summed E-state index contributed by atoms with van der Waals surface area (Å²) in [6.45, 7) is 6.70. The van der Waals surface area contributed by atoms with Crippen LogP contribution in [0.2, 0.25) is 0 Å². The molecule has 7 nitrogen and oxygen atoms in total. The van der Waals surface area contributed by atoms with Crippen molar-refractivity contribution in [3.05, 3.63) is 47.5 Å². The normalized spacial score (nSPS) is 17.6. The molecule has 1 amide bonds. The van der Waals surface area contributed by atoms with E-state index in [1.807, 2.05) is 24.3 Å². The molecule has 0 bridgehead atoms. The Kier molecular flexibility index (Phi) is 4.58. The first-order chi connectivity index (χ1) is 13.4. The van der Waals surface area contributed by atoms with Crippen molar-refractivity contribution in [3.63, 3.8) is 0 Å². The number of nitrogens with one attached hydrogen (secondary N) is 1. The zero-order valence-corrected chi connectivity index (χ0v) is 16.0. The molecular formula is C21H22N2O5. The number of fused-ring (bicyclic) bond motifs is 2. The van der Waals surface area contributed by atoms with Gasteiger partial charge in [-0.15, -0.1) is 0 Å². The standard InChI is InChI=1S/C21H22N2O5/c1-21(2,3)14-5-7-16-18(9-14)28-19(11-25-16)20(24)23-22-10-13-4-6-15-17(8-13)27-12-26-15/h4-10,19H,11-12H2,1-3H3,(H,23,24)/b22-10-/t19-/m0/s1. The Morgan fingerprint density at radius 3 is 2.61 bits per heavy atom. The summed E-state index contributed by atoms with van der Waals surface area (Å²) in [7, 11) is 0. The van der Waals surface area contributed by atoms with Crippen LogP contribution < -0.4 is 24.4 Å². The zero-order valence-electron chi connectivity index (χ0n) is 16.0. The number of benzene rings is 2. The molecule has 0 spiro atoms. The molecule has 0 saturated carbocycles. The lowest BCUT2D eigenvalue weighted by Crippen LogP contribution is -2.42. The van der Waals surface area contributed by atoms with E-state index in [2.05, 4.69) is 31.3 Å². The Bertz CT molecular complexity index is 933. The highest BCUT2D eigenvalue weighted by atomic mass is 16.7. The van der Waals surface area contributed by atoms with E-state index in [0.29, 0.717) is 23.0 Å². The highest BCUT2D eigenvalue weighted by Gasteiger charge is 2.28. The van der Waals surface area contributed by atoms with Crippen LogP contribution in [0.5, 0.6) is 23.0 Å². The average Bonchev–Trinajstić information content (AvgIpc) is 3.14. The molecule has 2 aliphatic rings. The summed E-state index contributed by atoms with van der Waals surface area (Å²) < 4.78 is 22.1. The van der Waals surface area contributed by atoms with Gasteiger partial charge < -0.3 is 18.9 Å². The number of hydrogen-bond acceptors (Lipinski definition) is 6. The molecule has 0 aromatic heterocycles. The third-order valence-corrected chi connectivity index (χ3v) is 4.55. The number of carbonyl (C=O) groups excluding carboxylic acids is 1. The minimum absolute atomic E-state index is 0.0253. The summed E-state index contributed by atoms with van der Waals surface area (Å²) in [4.78, 5) is 12.4. The number of hydrogen-bond donors (Lipinski definition) is 1. The fourth-order valence-corrected chi connectivity index (χ4v) is 2.90. The molecule has 2 heterocycles. The largest absolute Gasteiger partial charge is 0.485 e. The molecule has 28 heavy (non-hydrogen) atoms. The van der Waals surface area contributed by atoms with Gasteiger partial charge in [0.05, 0.1) is 6.21 Å². The number of rotatable bonds is 3. The van der Waals surface area contributed by atoms with Crippen LogP contribution in [0.4, 0.5) is 0 Å². The second-order valence-corrected chi connectivity index (χ2v) is 7.68. The van der Waals surface area contributed by atoms with Gasteiger partial charge in [-0.2, -0.15) is 5.10 Å². The van der Waals surface area contributed by atoms with Crippen LogP contribution in [-0.2, 0) is 10.2 Å². The molecule has 146 valence electrons. The van der Waals surface area contributed by atoms with E-state index >= 15 is 0 Å². The zero-order chi connectivity index (χ0) is 19.7. The number of carbonyl (C=O) groups is 1. The summed E-state index contributed by atoms with van der Waals surface area (Å²) in [6.07, 6.45) is 0.770. The number of amides is 1. The van der Waals surface area contributed by atoms with Crippen molar-refractivity contribution < 1.29 is 23.7 Å². The lowest BCUT2D eigenvalue weighted by molar-refractivity contribution is -0.130. The molecule has 0 fully saturated rings. The van der Waals surface area contributed by atoms with E-state index in [4.69, 9.17) is 18.9 Å². The van der Waals surface area contributed by atoms with Crippen LogP contribution in [-0.4, -0.2) is 31.6 Å². The fourth-order valence-electron chi connectivity index (χ4n) is 2.90. The van der Waals surface area contributed by atoms with Gasteiger partial charge in [-0.1, -0.05) is 26.8 Å². The Morgan fingerprint density at radius 2 is 1.79 bits per heavy atom. The minimum Gasteiger partial charge on any atom is -0.485 e. The van der Waals surface area contributed by atoms with E-state index in [0.717, 1.165) is 11.1 Å². The average molecular weight is 382 g/mol. The maximum Gasteiger partial charge on any atom is 0.284 e. The van der Waals surface area contributed by atoms with Crippen molar-refractivity contribution in [2.75, 3.05) is 13.4 Å². The Labute approximate surface area is 163 Å². The van der Waals surface area contributed by atoms with E-state index in [-0.39, 0.29) is 24.7 Å². The molecule has 7 heteroatoms. The first-order valence-corrected chi connectivity index (χ1v) is 9.07. The Morgan fingerprint density at radius 1 is 1.04 bits per heavy atom. The highest BCUT2D eigenvalue weighted by molar-refractivity contribution is 5.85. The van der Waals surface area contributed by atoms with Crippen LogP contribution >= 0.6 is 0 Å². The maximum absolute atomic E-state index is 12.4. The van der Waals surface area contributed by atoms with Gasteiger partial charge in [-0.3, -0.25) is 4.79 Å². The van der Waals surface area contributed by atoms with Crippen molar-refractivity contribution in [2.45, 2.75) is 32.3 Å². The van der Waals surface area contributed by atoms with Crippen molar-refractivity contribution in [1.29, 1.82) is 0 Å². The highest BCUT2D eigenvalue weighted by Crippen LogP contribution is 2.36. The minimum atomic E-state index is -0.767. The third kappa shape index (κ3) is 3.74. The molecular weight excluding hydrogens is 360 g/mol. The molecule has 2 aromatic rings. The van der Waals surface area contributed by atoms with Crippen molar-refractivity contribution in [3.8, 4) is 23.0 Å². The van der Waals surface area contributed by atoms with Crippen LogP contribution in [0.25, 0.3) is 0 Å². The van der Waals surface area contributed by atoms with Crippen molar-refractivity contribution in [2.24, 2.45) is 5.10 Å². The fraction of sp³-hybridized carbons (Fsp3) is 0.333. The Balaban J connectivity index is 1.39. The quantitative estimate of drug-likeness (QED) is 0.652. The van der Waals surface area contributed by atoms with Gasteiger partial charge in [-0.05, 0) is 46.9 Å². The summed E-state index contributed by atoms with van der Waals surface area (Å²) in [5.41, 5.74) is 4.36. The van der Waals surface area contributed by atoms with Gasteiger partial charge in [0.15, 0.2) is 23.0 Å². The smallest absolute Gasteiger partial charge is 0.284 e. The molecule has 1 N–H and O–H groups in total. The van der Waals surface area contributed by atoms with Gasteiger partial charge in [0.2, 0.25) is 12.9 Å². The molecule has 1 atom stereocenters. The molecule has 2 aliphatic heterocycles. The predicted octanol–water partition coefficient (Wildman–Crippen LogP) is 3.00. The van der Waals surface area contributed by atoms with Gasteiger partial charge in [-0.25, -0.2) is 5.43 Å². The van der Waals surface area contributed by atoms with Crippen molar-refractivity contribution >= 4 is 12.1 Å². The van der Waals surface area contributed by atoms with E-state index < -0.39 is 6.10 Å². The van der Waals surface area contributed by atoms with Crippen molar-refractivity contribution in [1.82, 2.24) is 5.43 Å². The topological polar surface area (TPSA) is 78.4 Å². The molecule has 0 aliphatic carbocycles. The maximum atomic E-state index is 12.4. The monoisotopic (exact) mass is 382 g/mol. The van der Waals surface area contributed by atoms with Gasteiger partial charge in [0.25, 0.3) is 5.91 Å². The van der Waals surface area contributed by atoms with E-state index in [1.54, 1.807) is 12.1 Å². The predicted molar refractivity (Wildman–Crippen MR) is 103 cm³/mol. The molecule has 0 unspecified atom stereocenters. The summed E-state index contributed by atoms with van der Waals surface area (Å²) in [5.74, 6) is 2.19. The first kappa shape index (κ1) is 18.2. The lowest BCUT2D eigenvalue weighted by atomic mass is 9.87. The third-order valence-electron chi connectivity index (χ3n) is 4.55. The SMILES string of the molecule is CC(C)(C)c1ccc2c(c1)O[C@H](C(=O)N/N=C\c1ccc3c(c1)OCO3)CO2. The number of hydrazone groups is 1.